The Labute approximate surface area is 268 Å². The number of hydrogen-bond donors (Lipinski definition) is 0. The predicted molar refractivity (Wildman–Crippen MR) is 178 cm³/mol. The Hall–Kier alpha value is -6.37. The van der Waals surface area contributed by atoms with E-state index in [1.165, 1.54) is 0 Å². The largest absolute Gasteiger partial charge is 0.423 e. The van der Waals surface area contributed by atoms with Crippen LogP contribution in [0.25, 0.3) is 11.1 Å². The van der Waals surface area contributed by atoms with Crippen LogP contribution < -0.4 is 14.2 Å². The third-order valence-electron chi connectivity index (χ3n) is 6.27. The van der Waals surface area contributed by atoms with E-state index in [4.69, 9.17) is 14.2 Å². The Kier molecular flexibility index (Phi) is 10.5. The zero-order valence-corrected chi connectivity index (χ0v) is 25.7. The molecule has 46 heavy (non-hydrogen) atoms. The van der Waals surface area contributed by atoms with Crippen LogP contribution in [-0.4, -0.2) is 17.9 Å². The Morgan fingerprint density at radius 3 is 1.35 bits per heavy atom. The summed E-state index contributed by atoms with van der Waals surface area (Å²) >= 11 is 0. The molecule has 0 saturated heterocycles. The van der Waals surface area contributed by atoms with Crippen LogP contribution in [0.15, 0.2) is 127 Å². The summed E-state index contributed by atoms with van der Waals surface area (Å²) in [6.07, 6.45) is 0. The Morgan fingerprint density at radius 2 is 0.848 bits per heavy atom. The summed E-state index contributed by atoms with van der Waals surface area (Å²) in [4.78, 5) is 35.8. The maximum atomic E-state index is 12.4. The van der Waals surface area contributed by atoms with Gasteiger partial charge in [-0.15, -0.1) is 0 Å². The van der Waals surface area contributed by atoms with Crippen molar-refractivity contribution < 1.29 is 28.6 Å². The third kappa shape index (κ3) is 9.07. The molecule has 0 spiro atoms. The number of carbonyl (C=O) groups excluding carboxylic acids is 3. The van der Waals surface area contributed by atoms with Crippen molar-refractivity contribution in [1.29, 1.82) is 0 Å². The highest BCUT2D eigenvalue weighted by molar-refractivity contribution is 5.90. The van der Waals surface area contributed by atoms with Crippen molar-refractivity contribution in [1.82, 2.24) is 0 Å². The van der Waals surface area contributed by atoms with E-state index in [9.17, 15) is 14.4 Å². The van der Waals surface area contributed by atoms with Crippen LogP contribution in [0, 0.1) is 23.7 Å². The van der Waals surface area contributed by atoms with E-state index in [-0.39, 0.29) is 11.3 Å². The Balaban J connectivity index is 1.52. The van der Waals surface area contributed by atoms with Gasteiger partial charge in [0.2, 0.25) is 0 Å². The molecule has 0 fully saturated rings. The minimum atomic E-state index is -0.571. The summed E-state index contributed by atoms with van der Waals surface area (Å²) in [5, 5.41) is 0. The summed E-state index contributed by atoms with van der Waals surface area (Å²) in [5.41, 5.74) is 5.37. The van der Waals surface area contributed by atoms with Crippen molar-refractivity contribution in [3.63, 3.8) is 0 Å². The fraction of sp³-hybridized carbons (Fsp3) is 0.0750. The molecule has 4 rings (SSSR count). The van der Waals surface area contributed by atoms with Gasteiger partial charge in [-0.1, -0.05) is 67.7 Å². The fourth-order valence-corrected chi connectivity index (χ4v) is 3.71. The molecule has 6 heteroatoms. The van der Waals surface area contributed by atoms with Gasteiger partial charge in [0.15, 0.2) is 0 Å². The zero-order valence-electron chi connectivity index (χ0n) is 25.7. The summed E-state index contributed by atoms with van der Waals surface area (Å²) in [7, 11) is 0. The highest BCUT2D eigenvalue weighted by atomic mass is 16.5. The molecule has 0 aliphatic rings. The Morgan fingerprint density at radius 1 is 0.478 bits per heavy atom. The summed E-state index contributed by atoms with van der Waals surface area (Å²) in [6, 6.07) is 26.8. The van der Waals surface area contributed by atoms with E-state index in [0.29, 0.717) is 39.3 Å². The summed E-state index contributed by atoms with van der Waals surface area (Å²) < 4.78 is 16.0. The predicted octanol–water partition coefficient (Wildman–Crippen LogP) is 7.60. The normalized spacial score (nSPS) is 9.80. The van der Waals surface area contributed by atoms with Gasteiger partial charge in [-0.3, -0.25) is 0 Å². The quantitative estimate of drug-likeness (QED) is 0.0933. The molecule has 0 N–H and O–H groups in total. The molecule has 4 aromatic rings. The highest BCUT2D eigenvalue weighted by Gasteiger charge is 2.11. The van der Waals surface area contributed by atoms with E-state index in [1.54, 1.807) is 75.4 Å². The zero-order chi connectivity index (χ0) is 33.2. The van der Waals surface area contributed by atoms with Crippen molar-refractivity contribution in [2.24, 2.45) is 0 Å². The first kappa shape index (κ1) is 32.5. The molecule has 0 saturated carbocycles. The molecule has 0 amide bonds. The standard InChI is InChI=1S/C40H30O6/c1-26(2)38(41)44-35-21-13-29(14-22-35)7-8-31-12-18-34(37(25-31)46-40(43)28(5)6)17-11-30-9-15-32(16-10-30)33-19-23-36(24-20-33)45-39(42)27(3)4/h9-10,12-16,18-25H,1,3,5H2,2,4,6H3. The van der Waals surface area contributed by atoms with Gasteiger partial charge < -0.3 is 14.2 Å². The lowest BCUT2D eigenvalue weighted by molar-refractivity contribution is -0.130. The number of ether oxygens (including phenoxy) is 3. The molecule has 0 atom stereocenters. The van der Waals surface area contributed by atoms with Gasteiger partial charge in [0.25, 0.3) is 0 Å². The van der Waals surface area contributed by atoms with Gasteiger partial charge in [-0.2, -0.15) is 0 Å². The van der Waals surface area contributed by atoms with Gasteiger partial charge in [0, 0.05) is 33.4 Å². The van der Waals surface area contributed by atoms with E-state index < -0.39 is 17.9 Å². The smallest absolute Gasteiger partial charge is 0.338 e. The van der Waals surface area contributed by atoms with Crippen LogP contribution in [0.2, 0.25) is 0 Å². The fourth-order valence-electron chi connectivity index (χ4n) is 3.71. The maximum Gasteiger partial charge on any atom is 0.338 e. The van der Waals surface area contributed by atoms with Gasteiger partial charge >= 0.3 is 17.9 Å². The number of carbonyl (C=O) groups is 3. The van der Waals surface area contributed by atoms with Crippen LogP contribution in [0.5, 0.6) is 17.2 Å². The molecule has 0 unspecified atom stereocenters. The van der Waals surface area contributed by atoms with E-state index in [2.05, 4.69) is 43.4 Å². The molecule has 0 radical (unpaired) electrons. The molecule has 226 valence electrons. The first-order valence-corrected chi connectivity index (χ1v) is 14.1. The minimum absolute atomic E-state index is 0.250. The molecule has 0 aliphatic heterocycles. The Bertz CT molecular complexity index is 1970. The molecular formula is C40H30O6. The van der Waals surface area contributed by atoms with Gasteiger partial charge in [-0.25, -0.2) is 14.4 Å². The van der Waals surface area contributed by atoms with Crippen molar-refractivity contribution >= 4 is 17.9 Å². The molecule has 0 bridgehead atoms. The summed E-state index contributed by atoms with van der Waals surface area (Å²) in [6.45, 7) is 15.6. The average molecular weight is 607 g/mol. The van der Waals surface area contributed by atoms with Crippen LogP contribution in [0.1, 0.15) is 43.0 Å². The molecule has 4 aromatic carbocycles. The maximum absolute atomic E-state index is 12.4. The molecule has 0 aromatic heterocycles. The van der Waals surface area contributed by atoms with Crippen molar-refractivity contribution in [2.75, 3.05) is 0 Å². The molecule has 6 nitrogen and oxygen atoms in total. The van der Waals surface area contributed by atoms with Crippen LogP contribution >= 0.6 is 0 Å². The average Bonchev–Trinajstić information content (AvgIpc) is 3.04. The van der Waals surface area contributed by atoms with Gasteiger partial charge in [0.1, 0.15) is 17.2 Å². The molecule has 0 aliphatic carbocycles. The van der Waals surface area contributed by atoms with Crippen LogP contribution in [-0.2, 0) is 14.4 Å². The van der Waals surface area contributed by atoms with Crippen molar-refractivity contribution in [2.45, 2.75) is 20.8 Å². The lowest BCUT2D eigenvalue weighted by Crippen LogP contribution is -2.09. The second-order valence-electron chi connectivity index (χ2n) is 10.3. The number of esters is 3. The van der Waals surface area contributed by atoms with Crippen LogP contribution in [0.3, 0.4) is 0 Å². The second-order valence-corrected chi connectivity index (χ2v) is 10.3. The molecule has 0 heterocycles. The number of rotatable bonds is 7. The second kappa shape index (κ2) is 14.9. The van der Waals surface area contributed by atoms with Gasteiger partial charge in [-0.05, 0) is 98.6 Å². The lowest BCUT2D eigenvalue weighted by atomic mass is 10.0. The van der Waals surface area contributed by atoms with E-state index >= 15 is 0 Å². The van der Waals surface area contributed by atoms with Crippen molar-refractivity contribution in [3.8, 4) is 52.1 Å². The minimum Gasteiger partial charge on any atom is -0.423 e. The topological polar surface area (TPSA) is 78.9 Å². The van der Waals surface area contributed by atoms with Gasteiger partial charge in [0.05, 0.1) is 5.56 Å². The highest BCUT2D eigenvalue weighted by Crippen LogP contribution is 2.24. The monoisotopic (exact) mass is 606 g/mol. The SMILES string of the molecule is C=C(C)C(=O)Oc1ccc(C#Cc2ccc(C#Cc3ccc(-c4ccc(OC(=O)C(=C)C)cc4)cc3)c(OC(=O)C(=C)C)c2)cc1. The van der Waals surface area contributed by atoms with E-state index in [0.717, 1.165) is 16.7 Å². The van der Waals surface area contributed by atoms with E-state index in [1.807, 2.05) is 36.4 Å². The van der Waals surface area contributed by atoms with Crippen LogP contribution in [0.4, 0.5) is 0 Å². The lowest BCUT2D eigenvalue weighted by Gasteiger charge is -2.07. The first-order chi connectivity index (χ1) is 22.0. The summed E-state index contributed by atoms with van der Waals surface area (Å²) in [5.74, 6) is 11.9. The first-order valence-electron chi connectivity index (χ1n) is 14.1. The molecular weight excluding hydrogens is 576 g/mol. The third-order valence-corrected chi connectivity index (χ3v) is 6.27. The number of hydrogen-bond acceptors (Lipinski definition) is 6. The number of benzene rings is 4. The van der Waals surface area contributed by atoms with Crippen molar-refractivity contribution in [3.05, 3.63) is 150 Å².